The molecule has 0 aliphatic carbocycles. The molecule has 0 atom stereocenters. The molecule has 0 bridgehead atoms. The summed E-state index contributed by atoms with van der Waals surface area (Å²) in [7, 11) is 0. The molecule has 0 fully saturated rings. The maximum Gasteiger partial charge on any atom is 0.250 e. The number of aromatic amines is 1. The molecule has 1 rings (SSSR count). The number of aromatic nitrogens is 2. The Hall–Kier alpha value is -1.38. The normalized spacial score (nSPS) is 7.70. The number of nitrogens with zero attached hydrogens (tertiary/aromatic N) is 1. The number of aryl methyl sites for hydroxylation is 1. The van der Waals surface area contributed by atoms with E-state index in [1.54, 1.807) is 6.92 Å². The molecule has 0 aliphatic rings. The Balaban J connectivity index is 0.000000371. The highest BCUT2D eigenvalue weighted by molar-refractivity contribution is 4.85. The molecule has 1 aromatic rings. The van der Waals surface area contributed by atoms with Crippen LogP contribution in [0.4, 0.5) is 0 Å². The van der Waals surface area contributed by atoms with E-state index in [0.29, 0.717) is 5.82 Å². The molecule has 3 nitrogen and oxygen atoms in total. The van der Waals surface area contributed by atoms with Crippen LogP contribution < -0.4 is 5.56 Å². The van der Waals surface area contributed by atoms with Crippen LogP contribution in [0.15, 0.2) is 30.2 Å². The van der Waals surface area contributed by atoms with E-state index in [4.69, 9.17) is 0 Å². The van der Waals surface area contributed by atoms with Crippen molar-refractivity contribution in [3.05, 3.63) is 41.6 Å². The van der Waals surface area contributed by atoms with E-state index in [9.17, 15) is 4.79 Å². The van der Waals surface area contributed by atoms with Crippen molar-refractivity contribution in [2.24, 2.45) is 0 Å². The number of rotatable bonds is 0. The van der Waals surface area contributed by atoms with E-state index in [0.717, 1.165) is 0 Å². The zero-order valence-corrected chi connectivity index (χ0v) is 5.92. The minimum atomic E-state index is -0.0995. The standard InChI is InChI=1S/C5H6N2O.C2H4/c1-4-6-3-2-5(8)7-4;1-2/h2-3H,1H3,(H,6,7,8);1-2H2. The van der Waals surface area contributed by atoms with Gasteiger partial charge in [0.15, 0.2) is 0 Å². The molecule has 0 aromatic carbocycles. The lowest BCUT2D eigenvalue weighted by molar-refractivity contribution is 1.02. The maximum atomic E-state index is 10.4. The Morgan fingerprint density at radius 3 is 2.50 bits per heavy atom. The van der Waals surface area contributed by atoms with Gasteiger partial charge in [-0.2, -0.15) is 0 Å². The van der Waals surface area contributed by atoms with Crippen LogP contribution in [0, 0.1) is 6.92 Å². The van der Waals surface area contributed by atoms with E-state index in [2.05, 4.69) is 23.1 Å². The zero-order chi connectivity index (χ0) is 7.98. The fourth-order valence-electron chi connectivity index (χ4n) is 0.469. The Labute approximate surface area is 59.4 Å². The summed E-state index contributed by atoms with van der Waals surface area (Å²) in [5.74, 6) is 0.650. The molecule has 3 heteroatoms. The fraction of sp³-hybridized carbons (Fsp3) is 0.143. The average molecular weight is 138 g/mol. The maximum absolute atomic E-state index is 10.4. The molecule has 0 amide bonds. The van der Waals surface area contributed by atoms with Gasteiger partial charge in [-0.3, -0.25) is 4.79 Å². The Bertz CT molecular complexity index is 241. The third-order valence-electron chi connectivity index (χ3n) is 0.798. The van der Waals surface area contributed by atoms with Crippen LogP contribution in [0.3, 0.4) is 0 Å². The van der Waals surface area contributed by atoms with Gasteiger partial charge in [0.25, 0.3) is 5.56 Å². The lowest BCUT2D eigenvalue weighted by atomic mass is 10.6. The second-order valence-electron chi connectivity index (χ2n) is 1.52. The first kappa shape index (κ1) is 8.62. The Morgan fingerprint density at radius 2 is 2.20 bits per heavy atom. The van der Waals surface area contributed by atoms with Gasteiger partial charge in [-0.15, -0.1) is 13.2 Å². The molecule has 0 aliphatic heterocycles. The Morgan fingerprint density at radius 1 is 1.60 bits per heavy atom. The molecule has 10 heavy (non-hydrogen) atoms. The highest BCUT2D eigenvalue weighted by atomic mass is 16.1. The summed E-state index contributed by atoms with van der Waals surface area (Å²) in [6.07, 6.45) is 1.48. The number of H-pyrrole nitrogens is 1. The van der Waals surface area contributed by atoms with Gasteiger partial charge in [0, 0.05) is 12.3 Å². The van der Waals surface area contributed by atoms with Crippen LogP contribution in [0.25, 0.3) is 0 Å². The zero-order valence-electron chi connectivity index (χ0n) is 5.92. The molecule has 0 spiro atoms. The first-order chi connectivity index (χ1) is 4.79. The smallest absolute Gasteiger partial charge is 0.250 e. The third-order valence-corrected chi connectivity index (χ3v) is 0.798. The summed E-state index contributed by atoms with van der Waals surface area (Å²) in [5.41, 5.74) is -0.0995. The summed E-state index contributed by atoms with van der Waals surface area (Å²) in [4.78, 5) is 16.7. The summed E-state index contributed by atoms with van der Waals surface area (Å²) >= 11 is 0. The van der Waals surface area contributed by atoms with Gasteiger partial charge in [-0.1, -0.05) is 0 Å². The van der Waals surface area contributed by atoms with Crippen molar-refractivity contribution < 1.29 is 0 Å². The lowest BCUT2D eigenvalue weighted by Gasteiger charge is -1.84. The van der Waals surface area contributed by atoms with Gasteiger partial charge in [-0.05, 0) is 6.92 Å². The van der Waals surface area contributed by atoms with Gasteiger partial charge in [0.1, 0.15) is 5.82 Å². The summed E-state index contributed by atoms with van der Waals surface area (Å²) in [5, 5.41) is 0. The molecule has 0 radical (unpaired) electrons. The van der Waals surface area contributed by atoms with E-state index >= 15 is 0 Å². The molecule has 0 saturated carbocycles. The Kier molecular flexibility index (Phi) is 3.87. The van der Waals surface area contributed by atoms with Crippen LogP contribution in [0.5, 0.6) is 0 Å². The quantitative estimate of drug-likeness (QED) is 0.541. The second kappa shape index (κ2) is 4.49. The van der Waals surface area contributed by atoms with Crippen molar-refractivity contribution in [3.8, 4) is 0 Å². The molecule has 1 heterocycles. The lowest BCUT2D eigenvalue weighted by Crippen LogP contribution is -2.05. The minimum absolute atomic E-state index is 0.0995. The van der Waals surface area contributed by atoms with Crippen molar-refractivity contribution in [1.29, 1.82) is 0 Å². The second-order valence-corrected chi connectivity index (χ2v) is 1.52. The largest absolute Gasteiger partial charge is 0.311 e. The van der Waals surface area contributed by atoms with Crippen molar-refractivity contribution in [2.45, 2.75) is 6.92 Å². The number of hydrogen-bond acceptors (Lipinski definition) is 2. The molecule has 54 valence electrons. The monoisotopic (exact) mass is 138 g/mol. The molecule has 0 saturated heterocycles. The number of nitrogens with one attached hydrogen (secondary N) is 1. The summed E-state index contributed by atoms with van der Waals surface area (Å²) in [6, 6.07) is 1.38. The van der Waals surface area contributed by atoms with Crippen molar-refractivity contribution in [3.63, 3.8) is 0 Å². The van der Waals surface area contributed by atoms with Gasteiger partial charge in [-0.25, -0.2) is 4.98 Å². The molecule has 1 N–H and O–H groups in total. The van der Waals surface area contributed by atoms with Crippen LogP contribution in [-0.2, 0) is 0 Å². The van der Waals surface area contributed by atoms with Crippen LogP contribution in [0.1, 0.15) is 5.82 Å². The molecular formula is C7H10N2O. The highest BCUT2D eigenvalue weighted by Gasteiger charge is 1.80. The van der Waals surface area contributed by atoms with Gasteiger partial charge in [0.2, 0.25) is 0 Å². The van der Waals surface area contributed by atoms with Gasteiger partial charge in [0.05, 0.1) is 0 Å². The van der Waals surface area contributed by atoms with Crippen LogP contribution >= 0.6 is 0 Å². The molecule has 1 aromatic heterocycles. The fourth-order valence-corrected chi connectivity index (χ4v) is 0.469. The molecule has 0 unspecified atom stereocenters. The first-order valence-electron chi connectivity index (χ1n) is 2.81. The minimum Gasteiger partial charge on any atom is -0.311 e. The number of hydrogen-bond donors (Lipinski definition) is 1. The predicted molar refractivity (Wildman–Crippen MR) is 40.8 cm³/mol. The third kappa shape index (κ3) is 2.81. The van der Waals surface area contributed by atoms with Crippen molar-refractivity contribution >= 4 is 0 Å². The SMILES string of the molecule is C=C.Cc1nccc(=O)[nH]1. The van der Waals surface area contributed by atoms with E-state index in [-0.39, 0.29) is 5.56 Å². The summed E-state index contributed by atoms with van der Waals surface area (Å²) < 4.78 is 0. The first-order valence-corrected chi connectivity index (χ1v) is 2.81. The summed E-state index contributed by atoms with van der Waals surface area (Å²) in [6.45, 7) is 7.74. The van der Waals surface area contributed by atoms with Crippen LogP contribution in [0.2, 0.25) is 0 Å². The van der Waals surface area contributed by atoms with Crippen molar-refractivity contribution in [2.75, 3.05) is 0 Å². The van der Waals surface area contributed by atoms with E-state index < -0.39 is 0 Å². The predicted octanol–water partition coefficient (Wildman–Crippen LogP) is 0.881. The van der Waals surface area contributed by atoms with E-state index in [1.807, 2.05) is 0 Å². The van der Waals surface area contributed by atoms with Gasteiger partial charge >= 0.3 is 0 Å². The van der Waals surface area contributed by atoms with Crippen molar-refractivity contribution in [1.82, 2.24) is 9.97 Å². The van der Waals surface area contributed by atoms with E-state index in [1.165, 1.54) is 12.3 Å². The highest BCUT2D eigenvalue weighted by Crippen LogP contribution is 1.73. The van der Waals surface area contributed by atoms with Crippen LogP contribution in [-0.4, -0.2) is 9.97 Å². The topological polar surface area (TPSA) is 45.8 Å². The molecular weight excluding hydrogens is 128 g/mol. The van der Waals surface area contributed by atoms with Gasteiger partial charge < -0.3 is 4.98 Å². The average Bonchev–Trinajstić information content (AvgIpc) is 1.91.